The van der Waals surface area contributed by atoms with Gasteiger partial charge in [0.05, 0.1) is 17.6 Å². The topological polar surface area (TPSA) is 30.3 Å². The summed E-state index contributed by atoms with van der Waals surface area (Å²) < 4.78 is 2.42. The number of hydrogen-bond donors (Lipinski definition) is 0. The molecule has 1 saturated carbocycles. The standard InChI is InChI=1S/C17H21N3O/c1-2-6-13(7-3-1)20-16-12(11-21-20)10-19-15-9-5-4-8-14(15)18-17(16)19/h4-5,8-9,12-13,16H,1-3,6-7,10-11H2/t12-,16+/m0/s1. The van der Waals surface area contributed by atoms with Crippen LogP contribution in [-0.4, -0.2) is 27.3 Å². The SMILES string of the molecule is c1ccc2c(c1)nc1n2C[C@H]2CON(C3CCCCC3)[C@@H]12. The first-order chi connectivity index (χ1) is 10.4. The van der Waals surface area contributed by atoms with Crippen molar-refractivity contribution in [3.05, 3.63) is 30.1 Å². The van der Waals surface area contributed by atoms with Gasteiger partial charge in [-0.3, -0.25) is 4.84 Å². The third kappa shape index (κ3) is 1.72. The van der Waals surface area contributed by atoms with Gasteiger partial charge in [-0.2, -0.15) is 5.06 Å². The van der Waals surface area contributed by atoms with Gasteiger partial charge in [-0.25, -0.2) is 4.98 Å². The average Bonchev–Trinajstić information content (AvgIpc) is 3.18. The first-order valence-corrected chi connectivity index (χ1v) is 8.28. The predicted octanol–water partition coefficient (Wildman–Crippen LogP) is 3.29. The Hall–Kier alpha value is -1.39. The number of hydrogen-bond acceptors (Lipinski definition) is 3. The van der Waals surface area contributed by atoms with E-state index >= 15 is 0 Å². The molecule has 0 amide bonds. The van der Waals surface area contributed by atoms with Crippen molar-refractivity contribution in [1.29, 1.82) is 0 Å². The van der Waals surface area contributed by atoms with Crippen LogP contribution in [0.1, 0.15) is 44.0 Å². The van der Waals surface area contributed by atoms with Gasteiger partial charge in [-0.05, 0) is 25.0 Å². The number of rotatable bonds is 1. The molecule has 0 radical (unpaired) electrons. The molecule has 1 saturated heterocycles. The van der Waals surface area contributed by atoms with Gasteiger partial charge in [0.15, 0.2) is 0 Å². The van der Waals surface area contributed by atoms with Gasteiger partial charge in [-0.15, -0.1) is 0 Å². The molecule has 2 fully saturated rings. The molecule has 0 spiro atoms. The number of fused-ring (bicyclic) bond motifs is 5. The lowest BCUT2D eigenvalue weighted by Crippen LogP contribution is -2.36. The fourth-order valence-corrected chi connectivity index (χ4v) is 4.45. The summed E-state index contributed by atoms with van der Waals surface area (Å²) in [6.07, 6.45) is 6.64. The molecule has 5 rings (SSSR count). The van der Waals surface area contributed by atoms with Crippen molar-refractivity contribution in [2.24, 2.45) is 5.92 Å². The van der Waals surface area contributed by atoms with Crippen LogP contribution in [0, 0.1) is 5.92 Å². The number of benzene rings is 1. The largest absolute Gasteiger partial charge is 0.326 e. The van der Waals surface area contributed by atoms with Crippen LogP contribution in [0.5, 0.6) is 0 Å². The van der Waals surface area contributed by atoms with Gasteiger partial charge in [0.1, 0.15) is 11.9 Å². The lowest BCUT2D eigenvalue weighted by Gasteiger charge is -2.32. The fraction of sp³-hybridized carbons (Fsp3) is 0.588. The van der Waals surface area contributed by atoms with Crippen LogP contribution in [0.25, 0.3) is 11.0 Å². The Morgan fingerprint density at radius 1 is 1.10 bits per heavy atom. The van der Waals surface area contributed by atoms with Gasteiger partial charge in [0.25, 0.3) is 0 Å². The van der Waals surface area contributed by atoms with Gasteiger partial charge in [-0.1, -0.05) is 31.4 Å². The maximum atomic E-state index is 6.09. The molecule has 0 bridgehead atoms. The second kappa shape index (κ2) is 4.55. The average molecular weight is 283 g/mol. The van der Waals surface area contributed by atoms with Crippen LogP contribution < -0.4 is 0 Å². The van der Waals surface area contributed by atoms with Crippen molar-refractivity contribution in [2.45, 2.75) is 50.7 Å². The Kier molecular flexibility index (Phi) is 2.64. The smallest absolute Gasteiger partial charge is 0.130 e. The summed E-state index contributed by atoms with van der Waals surface area (Å²) in [5.41, 5.74) is 2.41. The number of para-hydroxylation sites is 2. The highest BCUT2D eigenvalue weighted by Crippen LogP contribution is 2.45. The van der Waals surface area contributed by atoms with Gasteiger partial charge >= 0.3 is 0 Å². The molecule has 0 N–H and O–H groups in total. The molecule has 0 unspecified atom stereocenters. The lowest BCUT2D eigenvalue weighted by molar-refractivity contribution is -0.171. The minimum atomic E-state index is 0.375. The Balaban J connectivity index is 1.55. The molecule has 1 aromatic carbocycles. The van der Waals surface area contributed by atoms with E-state index in [1.165, 1.54) is 43.4 Å². The van der Waals surface area contributed by atoms with Crippen LogP contribution in [0.3, 0.4) is 0 Å². The van der Waals surface area contributed by atoms with Crippen molar-refractivity contribution >= 4 is 11.0 Å². The molecule has 2 aliphatic heterocycles. The highest BCUT2D eigenvalue weighted by atomic mass is 16.7. The summed E-state index contributed by atoms with van der Waals surface area (Å²) >= 11 is 0. The molecule has 2 aromatic rings. The first kappa shape index (κ1) is 12.2. The monoisotopic (exact) mass is 283 g/mol. The molecular weight excluding hydrogens is 262 g/mol. The molecule has 3 heterocycles. The number of hydroxylamine groups is 2. The molecule has 3 aliphatic rings. The van der Waals surface area contributed by atoms with Crippen LogP contribution in [0.15, 0.2) is 24.3 Å². The van der Waals surface area contributed by atoms with Crippen molar-refractivity contribution < 1.29 is 4.84 Å². The van der Waals surface area contributed by atoms with Crippen LogP contribution >= 0.6 is 0 Å². The van der Waals surface area contributed by atoms with Crippen molar-refractivity contribution in [3.8, 4) is 0 Å². The van der Waals surface area contributed by atoms with Crippen molar-refractivity contribution in [1.82, 2.24) is 14.6 Å². The first-order valence-electron chi connectivity index (χ1n) is 8.28. The van der Waals surface area contributed by atoms with Gasteiger partial charge in [0.2, 0.25) is 0 Å². The van der Waals surface area contributed by atoms with E-state index in [1.54, 1.807) is 0 Å². The molecule has 1 aliphatic carbocycles. The Morgan fingerprint density at radius 2 is 1.95 bits per heavy atom. The molecule has 21 heavy (non-hydrogen) atoms. The minimum Gasteiger partial charge on any atom is -0.326 e. The van der Waals surface area contributed by atoms with Crippen LogP contribution in [0.4, 0.5) is 0 Å². The maximum Gasteiger partial charge on any atom is 0.130 e. The summed E-state index contributed by atoms with van der Waals surface area (Å²) in [5, 5.41) is 2.31. The fourth-order valence-electron chi connectivity index (χ4n) is 4.45. The number of aromatic nitrogens is 2. The zero-order chi connectivity index (χ0) is 13.8. The van der Waals surface area contributed by atoms with Crippen molar-refractivity contribution in [2.75, 3.05) is 6.61 Å². The van der Waals surface area contributed by atoms with Crippen LogP contribution in [0.2, 0.25) is 0 Å². The summed E-state index contributed by atoms with van der Waals surface area (Å²) in [6, 6.07) is 9.48. The Morgan fingerprint density at radius 3 is 2.86 bits per heavy atom. The summed E-state index contributed by atoms with van der Waals surface area (Å²) in [6.45, 7) is 1.92. The van der Waals surface area contributed by atoms with E-state index in [1.807, 2.05) is 0 Å². The molecular formula is C17H21N3O. The van der Waals surface area contributed by atoms with Crippen LogP contribution in [-0.2, 0) is 11.4 Å². The van der Waals surface area contributed by atoms with E-state index in [9.17, 15) is 0 Å². The number of imidazole rings is 1. The Bertz CT molecular complexity index is 674. The predicted molar refractivity (Wildman–Crippen MR) is 80.6 cm³/mol. The number of nitrogens with zero attached hydrogens (tertiary/aromatic N) is 3. The zero-order valence-corrected chi connectivity index (χ0v) is 12.2. The zero-order valence-electron chi connectivity index (χ0n) is 12.2. The van der Waals surface area contributed by atoms with E-state index in [4.69, 9.17) is 9.82 Å². The quantitative estimate of drug-likeness (QED) is 0.804. The third-order valence-electron chi connectivity index (χ3n) is 5.46. The van der Waals surface area contributed by atoms with Gasteiger partial charge < -0.3 is 4.57 Å². The normalized spacial score (nSPS) is 29.9. The lowest BCUT2D eigenvalue weighted by atomic mass is 9.93. The molecule has 110 valence electrons. The van der Waals surface area contributed by atoms with E-state index in [0.717, 1.165) is 18.7 Å². The molecule has 1 aromatic heterocycles. The van der Waals surface area contributed by atoms with Crippen molar-refractivity contribution in [3.63, 3.8) is 0 Å². The second-order valence-corrected chi connectivity index (χ2v) is 6.72. The highest BCUT2D eigenvalue weighted by Gasteiger charge is 2.47. The summed E-state index contributed by atoms with van der Waals surface area (Å²) in [4.78, 5) is 11.0. The third-order valence-corrected chi connectivity index (χ3v) is 5.46. The molecule has 2 atom stereocenters. The summed E-state index contributed by atoms with van der Waals surface area (Å²) in [7, 11) is 0. The highest BCUT2D eigenvalue weighted by molar-refractivity contribution is 5.76. The summed E-state index contributed by atoms with van der Waals surface area (Å²) in [5.74, 6) is 1.81. The van der Waals surface area contributed by atoms with Gasteiger partial charge in [0, 0.05) is 18.5 Å². The van der Waals surface area contributed by atoms with E-state index in [2.05, 4.69) is 33.9 Å². The molecule has 4 nitrogen and oxygen atoms in total. The Labute approximate surface area is 124 Å². The van der Waals surface area contributed by atoms with E-state index in [0.29, 0.717) is 18.0 Å². The minimum absolute atomic E-state index is 0.375. The van der Waals surface area contributed by atoms with E-state index < -0.39 is 0 Å². The van der Waals surface area contributed by atoms with E-state index in [-0.39, 0.29) is 0 Å². The maximum absolute atomic E-state index is 6.09. The molecule has 4 heteroatoms. The second-order valence-electron chi connectivity index (χ2n) is 6.72.